The molecule has 4 aromatic rings. The number of benzene rings is 3. The van der Waals surface area contributed by atoms with E-state index in [0.29, 0.717) is 43.9 Å². The van der Waals surface area contributed by atoms with Crippen LogP contribution in [-0.4, -0.2) is 49.0 Å². The fourth-order valence-corrected chi connectivity index (χ4v) is 4.82. The van der Waals surface area contributed by atoms with E-state index in [9.17, 15) is 17.1 Å². The maximum absolute atomic E-state index is 13.6. The summed E-state index contributed by atoms with van der Waals surface area (Å²) in [5, 5.41) is 5.81. The van der Waals surface area contributed by atoms with Crippen molar-refractivity contribution in [2.75, 3.05) is 29.2 Å². The molecule has 0 radical (unpaired) electrons. The van der Waals surface area contributed by atoms with Crippen LogP contribution < -0.4 is 31.6 Å². The van der Waals surface area contributed by atoms with Crippen LogP contribution in [0.25, 0.3) is 11.1 Å². The summed E-state index contributed by atoms with van der Waals surface area (Å²) in [6.07, 6.45) is 0. The Morgan fingerprint density at radius 1 is 0.957 bits per heavy atom. The number of urea groups is 1. The smallest absolute Gasteiger partial charge is 0.394 e. The van der Waals surface area contributed by atoms with E-state index in [1.54, 1.807) is 43.3 Å². The molecule has 0 atom stereocenters. The van der Waals surface area contributed by atoms with Crippen molar-refractivity contribution in [1.29, 1.82) is 0 Å². The number of nitrogens with zero attached hydrogens (tertiary/aromatic N) is 2. The van der Waals surface area contributed by atoms with Gasteiger partial charge in [0.05, 0.1) is 22.8 Å². The topological polar surface area (TPSA) is 246 Å². The zero-order valence-electron chi connectivity index (χ0n) is 23.7. The molecule has 2 amide bonds. The standard InChI is InChI=1S/C26H23Cl2FN6O5S.H2O4S/c1-13-9-16(40-12-20-23(24(30)35-25(31)33-20)14-3-6-17(27)18(28)10-14)5-7-19(13)34-26(36)32-15-4-8-21(39-2)22(11-15)41(29,37)38;1-5(2,3)4/h3-11H,12H2,1-2H3,(H2,32,34,36)(H4,30,31,33,35);(H2,1,2,3,4). The Labute approximate surface area is 272 Å². The molecule has 0 unspecified atom stereocenters. The summed E-state index contributed by atoms with van der Waals surface area (Å²) in [7, 11) is -8.54. The molecule has 1 aromatic heterocycles. The molecule has 0 spiro atoms. The molecule has 15 nitrogen and oxygen atoms in total. The number of nitrogens with one attached hydrogen (secondary N) is 2. The van der Waals surface area contributed by atoms with Crippen LogP contribution in [0.3, 0.4) is 0 Å². The van der Waals surface area contributed by atoms with Crippen LogP contribution >= 0.6 is 23.2 Å². The number of carbonyl (C=O) groups is 1. The Kier molecular flexibility index (Phi) is 11.6. The summed E-state index contributed by atoms with van der Waals surface area (Å²) in [6, 6.07) is 12.8. The number of ether oxygens (including phenoxy) is 2. The Morgan fingerprint density at radius 3 is 2.22 bits per heavy atom. The van der Waals surface area contributed by atoms with Crippen molar-refractivity contribution in [2.45, 2.75) is 18.4 Å². The number of aromatic nitrogens is 2. The van der Waals surface area contributed by atoms with Gasteiger partial charge in [-0.05, 0) is 66.6 Å². The fraction of sp³-hybridized carbons (Fsp3) is 0.115. The van der Waals surface area contributed by atoms with Gasteiger partial charge in [0, 0.05) is 16.9 Å². The molecule has 4 rings (SSSR count). The van der Waals surface area contributed by atoms with Crippen molar-refractivity contribution in [3.63, 3.8) is 0 Å². The van der Waals surface area contributed by atoms with Gasteiger partial charge in [0.15, 0.2) is 0 Å². The quantitative estimate of drug-likeness (QED) is 0.102. The zero-order valence-corrected chi connectivity index (χ0v) is 26.8. The molecule has 0 bridgehead atoms. The molecule has 8 N–H and O–H groups in total. The van der Waals surface area contributed by atoms with Crippen LogP contribution in [0.4, 0.5) is 31.8 Å². The van der Waals surface area contributed by atoms with Gasteiger partial charge in [-0.3, -0.25) is 9.11 Å². The number of amides is 2. The number of nitrogens with two attached hydrogens (primary N) is 2. The Hall–Kier alpha value is -4.46. The first-order valence-electron chi connectivity index (χ1n) is 12.4. The van der Waals surface area contributed by atoms with Crippen molar-refractivity contribution >= 4 is 73.0 Å². The largest absolute Gasteiger partial charge is 0.495 e. The van der Waals surface area contributed by atoms with Crippen molar-refractivity contribution in [3.05, 3.63) is 75.9 Å². The van der Waals surface area contributed by atoms with Gasteiger partial charge in [-0.25, -0.2) is 9.78 Å². The summed E-state index contributed by atoms with van der Waals surface area (Å²) in [4.78, 5) is 20.2. The van der Waals surface area contributed by atoms with Crippen LogP contribution in [0.5, 0.6) is 11.5 Å². The van der Waals surface area contributed by atoms with E-state index >= 15 is 0 Å². The first-order valence-corrected chi connectivity index (χ1v) is 15.9. The van der Waals surface area contributed by atoms with Crippen LogP contribution in [0.15, 0.2) is 59.5 Å². The van der Waals surface area contributed by atoms with E-state index in [0.717, 1.165) is 6.07 Å². The van der Waals surface area contributed by atoms with Gasteiger partial charge < -0.3 is 31.6 Å². The van der Waals surface area contributed by atoms with Crippen molar-refractivity contribution < 1.29 is 44.1 Å². The van der Waals surface area contributed by atoms with Gasteiger partial charge in [0.2, 0.25) is 5.95 Å². The molecule has 246 valence electrons. The van der Waals surface area contributed by atoms with Crippen molar-refractivity contribution in [2.24, 2.45) is 0 Å². The molecule has 0 aliphatic carbocycles. The number of aryl methyl sites for hydroxylation is 1. The first kappa shape index (κ1) is 36.0. The lowest BCUT2D eigenvalue weighted by atomic mass is 10.0. The molecule has 3 aromatic carbocycles. The van der Waals surface area contributed by atoms with Gasteiger partial charge in [-0.2, -0.15) is 21.8 Å². The number of hydrogen-bond donors (Lipinski definition) is 6. The molecule has 0 aliphatic heterocycles. The second-order valence-corrected chi connectivity index (χ2v) is 12.0. The molecule has 1 heterocycles. The van der Waals surface area contributed by atoms with Crippen LogP contribution in [-0.2, 0) is 27.2 Å². The molecule has 0 fully saturated rings. The Morgan fingerprint density at radius 2 is 1.63 bits per heavy atom. The maximum atomic E-state index is 13.6. The number of anilines is 4. The third kappa shape index (κ3) is 10.3. The molecule has 0 saturated carbocycles. The maximum Gasteiger partial charge on any atom is 0.394 e. The Bertz CT molecular complexity index is 1990. The van der Waals surface area contributed by atoms with E-state index in [1.807, 2.05) is 0 Å². The normalized spacial score (nSPS) is 11.2. The second kappa shape index (κ2) is 14.8. The fourth-order valence-electron chi connectivity index (χ4n) is 3.86. The van der Waals surface area contributed by atoms with Gasteiger partial charge in [0.1, 0.15) is 28.8 Å². The highest BCUT2D eigenvalue weighted by Crippen LogP contribution is 2.34. The minimum atomic E-state index is -5.07. The van der Waals surface area contributed by atoms with Gasteiger partial charge in [0.25, 0.3) is 0 Å². The molecule has 20 heteroatoms. The summed E-state index contributed by atoms with van der Waals surface area (Å²) >= 11 is 12.2. The van der Waals surface area contributed by atoms with E-state index in [4.69, 9.17) is 61.7 Å². The third-order valence-corrected chi connectivity index (χ3v) is 7.33. The van der Waals surface area contributed by atoms with Crippen LogP contribution in [0, 0.1) is 6.92 Å². The predicted molar refractivity (Wildman–Crippen MR) is 170 cm³/mol. The SMILES string of the molecule is COc1ccc(NC(=O)Nc2ccc(OCc3nc(N)nc(N)c3-c3ccc(Cl)c(Cl)c3)cc2C)cc1S(=O)(=O)F.O=S(=O)(O)O. The van der Waals surface area contributed by atoms with Crippen molar-refractivity contribution in [3.8, 4) is 22.6 Å². The highest BCUT2D eigenvalue weighted by molar-refractivity contribution is 7.86. The number of methoxy groups -OCH3 is 1. The first-order chi connectivity index (χ1) is 21.3. The van der Waals surface area contributed by atoms with Gasteiger partial charge in [-0.1, -0.05) is 29.3 Å². The minimum absolute atomic E-state index is 0.0174. The molecule has 0 saturated heterocycles. The second-order valence-electron chi connectivity index (χ2n) is 9.01. The van der Waals surface area contributed by atoms with Crippen LogP contribution in [0.1, 0.15) is 11.3 Å². The van der Waals surface area contributed by atoms with E-state index in [2.05, 4.69) is 20.6 Å². The number of rotatable bonds is 8. The summed E-state index contributed by atoms with van der Waals surface area (Å²) in [5.74, 6) is 0.377. The van der Waals surface area contributed by atoms with E-state index in [1.165, 1.54) is 19.2 Å². The van der Waals surface area contributed by atoms with E-state index < -0.39 is 31.5 Å². The lowest BCUT2D eigenvalue weighted by Gasteiger charge is -2.15. The predicted octanol–water partition coefficient (Wildman–Crippen LogP) is 5.16. The number of halogens is 3. The molecular weight excluding hydrogens is 694 g/mol. The average molecular weight is 720 g/mol. The zero-order chi connectivity index (χ0) is 34.4. The number of nitrogen functional groups attached to an aromatic ring is 2. The highest BCUT2D eigenvalue weighted by atomic mass is 35.5. The van der Waals surface area contributed by atoms with Gasteiger partial charge in [-0.15, -0.1) is 3.89 Å². The minimum Gasteiger partial charge on any atom is -0.495 e. The lowest BCUT2D eigenvalue weighted by molar-refractivity contribution is 0.262. The molecule has 0 aliphatic rings. The lowest BCUT2D eigenvalue weighted by Crippen LogP contribution is -2.20. The summed E-state index contributed by atoms with van der Waals surface area (Å²) < 4.78 is 78.8. The third-order valence-electron chi connectivity index (χ3n) is 5.74. The van der Waals surface area contributed by atoms with Crippen LogP contribution in [0.2, 0.25) is 10.0 Å². The van der Waals surface area contributed by atoms with E-state index in [-0.39, 0.29) is 29.8 Å². The van der Waals surface area contributed by atoms with Crippen molar-refractivity contribution in [1.82, 2.24) is 9.97 Å². The molecule has 46 heavy (non-hydrogen) atoms. The van der Waals surface area contributed by atoms with Gasteiger partial charge >= 0.3 is 26.7 Å². The summed E-state index contributed by atoms with van der Waals surface area (Å²) in [5.41, 5.74) is 14.6. The monoisotopic (exact) mass is 718 g/mol. The molecular formula is C26H25Cl2FN6O9S2. The number of hydrogen-bond acceptors (Lipinski definition) is 11. The number of carbonyl (C=O) groups excluding carboxylic acids is 1. The average Bonchev–Trinajstić information content (AvgIpc) is 2.93. The Balaban J connectivity index is 0.00000107. The summed E-state index contributed by atoms with van der Waals surface area (Å²) in [6.45, 7) is 1.72. The highest BCUT2D eigenvalue weighted by Gasteiger charge is 2.20.